The fraction of sp³-hybridized carbons (Fsp3) is 0.375. The van der Waals surface area contributed by atoms with Crippen LogP contribution in [0.2, 0.25) is 0 Å². The molecule has 0 bridgehead atoms. The lowest BCUT2D eigenvalue weighted by atomic mass is 9.79. The number of halogens is 1. The third-order valence-electron chi connectivity index (χ3n) is 6.02. The van der Waals surface area contributed by atoms with Gasteiger partial charge in [0.15, 0.2) is 5.65 Å². The zero-order chi connectivity index (χ0) is 22.5. The molecular weight excluding hydrogens is 438 g/mol. The Morgan fingerprint density at radius 2 is 1.64 bits per heavy atom. The predicted octanol–water partition coefficient (Wildman–Crippen LogP) is 4.56. The van der Waals surface area contributed by atoms with Crippen LogP contribution in [0.5, 0.6) is 5.75 Å². The summed E-state index contributed by atoms with van der Waals surface area (Å²) in [7, 11) is 0. The lowest BCUT2D eigenvalue weighted by Crippen LogP contribution is -2.58. The first kappa shape index (κ1) is 23.1. The number of nitrogens with one attached hydrogen (secondary N) is 1. The highest BCUT2D eigenvalue weighted by Crippen LogP contribution is 2.37. The monoisotopic (exact) mass is 465 g/mol. The Hall–Kier alpha value is -3.10. The van der Waals surface area contributed by atoms with E-state index in [4.69, 9.17) is 0 Å². The highest BCUT2D eigenvalue weighted by atomic mass is 35.5. The topological polar surface area (TPSA) is 102 Å². The van der Waals surface area contributed by atoms with Crippen LogP contribution in [-0.2, 0) is 0 Å². The zero-order valence-corrected chi connectivity index (χ0v) is 20.0. The van der Waals surface area contributed by atoms with Crippen molar-refractivity contribution in [1.82, 2.24) is 35.3 Å². The summed E-state index contributed by atoms with van der Waals surface area (Å²) in [5, 5.41) is 28.9. The van der Waals surface area contributed by atoms with Gasteiger partial charge in [0, 0.05) is 40.0 Å². The number of piperidine rings is 1. The lowest BCUT2D eigenvalue weighted by molar-refractivity contribution is 0.128. The minimum Gasteiger partial charge on any atom is -0.507 e. The van der Waals surface area contributed by atoms with Gasteiger partial charge in [0.2, 0.25) is 0 Å². The highest BCUT2D eigenvalue weighted by Gasteiger charge is 2.39. The van der Waals surface area contributed by atoms with Crippen molar-refractivity contribution in [2.24, 2.45) is 0 Å². The van der Waals surface area contributed by atoms with Gasteiger partial charge in [-0.2, -0.15) is 5.10 Å². The van der Waals surface area contributed by atoms with E-state index in [0.717, 1.165) is 35.0 Å². The van der Waals surface area contributed by atoms with Crippen LogP contribution in [0.25, 0.3) is 33.4 Å². The molecule has 5 rings (SSSR count). The number of nitrogens with zero attached hydrogens (tertiary/aromatic N) is 6. The molecule has 3 aromatic heterocycles. The summed E-state index contributed by atoms with van der Waals surface area (Å²) in [5.41, 5.74) is 3.69. The number of fused-ring (bicyclic) bond motifs is 1. The van der Waals surface area contributed by atoms with Crippen LogP contribution in [0.4, 0.5) is 0 Å². The molecule has 172 valence electrons. The molecule has 33 heavy (non-hydrogen) atoms. The fourth-order valence-corrected chi connectivity index (χ4v) is 5.07. The van der Waals surface area contributed by atoms with E-state index >= 15 is 0 Å². The Kier molecular flexibility index (Phi) is 5.84. The number of hydrogen-bond acceptors (Lipinski definition) is 7. The molecule has 1 aliphatic heterocycles. The van der Waals surface area contributed by atoms with Crippen LogP contribution in [0, 0.1) is 0 Å². The molecule has 1 saturated heterocycles. The number of aromatic nitrogens is 6. The first-order valence-corrected chi connectivity index (χ1v) is 10.8. The van der Waals surface area contributed by atoms with Crippen molar-refractivity contribution < 1.29 is 5.11 Å². The largest absolute Gasteiger partial charge is 0.507 e. The first-order chi connectivity index (χ1) is 15.2. The smallest absolute Gasteiger partial charge is 0.180 e. The summed E-state index contributed by atoms with van der Waals surface area (Å²) < 4.78 is 2.01. The van der Waals surface area contributed by atoms with Crippen molar-refractivity contribution in [3.05, 3.63) is 49.2 Å². The van der Waals surface area contributed by atoms with Crippen molar-refractivity contribution in [1.29, 1.82) is 0 Å². The molecule has 1 fully saturated rings. The summed E-state index contributed by atoms with van der Waals surface area (Å²) in [4.78, 5) is 8.07. The minimum atomic E-state index is 0. The number of rotatable bonds is 3. The van der Waals surface area contributed by atoms with Crippen LogP contribution in [0.3, 0.4) is 0 Å². The van der Waals surface area contributed by atoms with Gasteiger partial charge in [-0.05, 0) is 64.3 Å². The molecule has 9 heteroatoms. The van der Waals surface area contributed by atoms with E-state index in [1.807, 2.05) is 29.1 Å². The number of hydrogen-bond donors (Lipinski definition) is 2. The van der Waals surface area contributed by atoms with E-state index in [-0.39, 0.29) is 35.3 Å². The lowest BCUT2D eigenvalue weighted by Gasteiger charge is -2.46. The van der Waals surface area contributed by atoms with Crippen molar-refractivity contribution in [3.63, 3.8) is 0 Å². The standard InChI is InChI=1S/C24H27N7O.ClH/c1-23(2)9-18(10-24(3,4)30-23)31-22-16(13-27-31)7-20(28-29-22)19-6-5-15(8-21(19)32)17-11-25-14-26-12-17;/h5-8,11-14,18,30,32H,9-10H2,1-4H3;1H. The van der Waals surface area contributed by atoms with Crippen LogP contribution in [0.15, 0.2) is 49.2 Å². The molecule has 0 spiro atoms. The van der Waals surface area contributed by atoms with Crippen molar-refractivity contribution in [2.75, 3.05) is 0 Å². The van der Waals surface area contributed by atoms with E-state index in [1.54, 1.807) is 18.5 Å². The van der Waals surface area contributed by atoms with E-state index < -0.39 is 0 Å². The Morgan fingerprint density at radius 1 is 0.939 bits per heavy atom. The molecule has 0 aliphatic carbocycles. The van der Waals surface area contributed by atoms with Crippen LogP contribution < -0.4 is 5.32 Å². The fourth-order valence-electron chi connectivity index (χ4n) is 5.07. The molecule has 0 atom stereocenters. The second-order valence-corrected chi connectivity index (χ2v) is 9.91. The highest BCUT2D eigenvalue weighted by molar-refractivity contribution is 5.85. The molecule has 1 aromatic carbocycles. The third kappa shape index (κ3) is 4.54. The van der Waals surface area contributed by atoms with Gasteiger partial charge < -0.3 is 10.4 Å². The van der Waals surface area contributed by atoms with Crippen molar-refractivity contribution >= 4 is 23.4 Å². The number of phenolic OH excluding ortho intramolecular Hbond substituents is 1. The average Bonchev–Trinajstić information content (AvgIpc) is 3.15. The van der Waals surface area contributed by atoms with Gasteiger partial charge >= 0.3 is 0 Å². The number of aromatic hydroxyl groups is 1. The van der Waals surface area contributed by atoms with E-state index in [9.17, 15) is 5.11 Å². The molecule has 0 amide bonds. The maximum absolute atomic E-state index is 10.7. The second kappa shape index (κ2) is 8.35. The van der Waals surface area contributed by atoms with Crippen LogP contribution >= 0.6 is 12.4 Å². The number of benzene rings is 1. The van der Waals surface area contributed by atoms with Crippen molar-refractivity contribution in [2.45, 2.75) is 57.7 Å². The van der Waals surface area contributed by atoms with Gasteiger partial charge in [-0.15, -0.1) is 22.6 Å². The molecule has 2 N–H and O–H groups in total. The van der Waals surface area contributed by atoms with E-state index in [2.05, 4.69) is 58.3 Å². The SMILES string of the molecule is CC1(C)CC(n2ncc3cc(-c4ccc(-c5cncnc5)cc4O)nnc32)CC(C)(C)N1.Cl. The molecule has 4 aromatic rings. The Morgan fingerprint density at radius 3 is 2.30 bits per heavy atom. The van der Waals surface area contributed by atoms with Gasteiger partial charge in [0.05, 0.1) is 17.9 Å². The van der Waals surface area contributed by atoms with Gasteiger partial charge in [-0.25, -0.2) is 14.6 Å². The maximum Gasteiger partial charge on any atom is 0.180 e. The second-order valence-electron chi connectivity index (χ2n) is 9.91. The molecule has 4 heterocycles. The molecule has 1 aliphatic rings. The van der Waals surface area contributed by atoms with Gasteiger partial charge in [0.1, 0.15) is 12.1 Å². The quantitative estimate of drug-likeness (QED) is 0.457. The number of phenols is 1. The Bertz CT molecular complexity index is 1270. The molecule has 0 unspecified atom stereocenters. The predicted molar refractivity (Wildman–Crippen MR) is 130 cm³/mol. The summed E-state index contributed by atoms with van der Waals surface area (Å²) in [5.74, 6) is 0.134. The van der Waals surface area contributed by atoms with Gasteiger partial charge in [-0.1, -0.05) is 6.07 Å². The van der Waals surface area contributed by atoms with Gasteiger partial charge in [0.25, 0.3) is 0 Å². The Balaban J connectivity index is 0.00000259. The summed E-state index contributed by atoms with van der Waals surface area (Å²) >= 11 is 0. The summed E-state index contributed by atoms with van der Waals surface area (Å²) in [6.45, 7) is 8.91. The molecule has 0 radical (unpaired) electrons. The Labute approximate surface area is 198 Å². The molecular formula is C24H28ClN7O. The van der Waals surface area contributed by atoms with Crippen molar-refractivity contribution in [3.8, 4) is 28.1 Å². The summed E-state index contributed by atoms with van der Waals surface area (Å²) in [6.07, 6.45) is 8.66. The summed E-state index contributed by atoms with van der Waals surface area (Å²) in [6, 6.07) is 7.63. The molecule has 0 saturated carbocycles. The van der Waals surface area contributed by atoms with Gasteiger partial charge in [-0.3, -0.25) is 0 Å². The average molecular weight is 466 g/mol. The maximum atomic E-state index is 10.7. The van der Waals surface area contributed by atoms with Crippen LogP contribution in [0.1, 0.15) is 46.6 Å². The molecule has 8 nitrogen and oxygen atoms in total. The first-order valence-electron chi connectivity index (χ1n) is 10.8. The van der Waals surface area contributed by atoms with E-state index in [0.29, 0.717) is 11.3 Å². The minimum absolute atomic E-state index is 0. The van der Waals surface area contributed by atoms with E-state index in [1.165, 1.54) is 6.33 Å². The third-order valence-corrected chi connectivity index (χ3v) is 6.02. The zero-order valence-electron chi connectivity index (χ0n) is 19.1. The van der Waals surface area contributed by atoms with Crippen LogP contribution in [-0.4, -0.2) is 46.1 Å². The normalized spacial score (nSPS) is 17.6.